The summed E-state index contributed by atoms with van der Waals surface area (Å²) < 4.78 is 0. The second-order valence-electron chi connectivity index (χ2n) is 2.55. The monoisotopic (exact) mass is 304 g/mol. The standard InChI is InChI=1S/C8H5Cl5N2/c9-2-5(14)15-8-4(11)1-3(10)6(12)7(8)13/h1H,2H2,(H2,14,15). The lowest BCUT2D eigenvalue weighted by Gasteiger charge is -2.06. The first-order valence-corrected chi connectivity index (χ1v) is 5.74. The average Bonchev–Trinajstić information content (AvgIpc) is 2.21. The third-order valence-corrected chi connectivity index (χ3v) is 3.30. The van der Waals surface area contributed by atoms with E-state index in [1.165, 1.54) is 6.07 Å². The summed E-state index contributed by atoms with van der Waals surface area (Å²) in [6.07, 6.45) is 0. The largest absolute Gasteiger partial charge is 0.386 e. The number of hydrogen-bond donors (Lipinski definition) is 1. The van der Waals surface area contributed by atoms with Crippen molar-refractivity contribution in [1.29, 1.82) is 0 Å². The molecule has 0 aromatic heterocycles. The van der Waals surface area contributed by atoms with Gasteiger partial charge in [0.05, 0.1) is 26.0 Å². The summed E-state index contributed by atoms with van der Waals surface area (Å²) in [6, 6.07) is 1.44. The number of amidine groups is 1. The lowest BCUT2D eigenvalue weighted by Crippen LogP contribution is -2.12. The molecule has 1 rings (SSSR count). The minimum atomic E-state index is 0.0763. The molecule has 0 heterocycles. The average molecular weight is 306 g/mol. The Morgan fingerprint density at radius 2 is 1.73 bits per heavy atom. The fourth-order valence-corrected chi connectivity index (χ4v) is 1.88. The summed E-state index contributed by atoms with van der Waals surface area (Å²) in [7, 11) is 0. The summed E-state index contributed by atoms with van der Waals surface area (Å²) in [6.45, 7) is 0. The van der Waals surface area contributed by atoms with Gasteiger partial charge in [0.1, 0.15) is 11.5 Å². The molecule has 7 heteroatoms. The Hall–Kier alpha value is 0.140. The van der Waals surface area contributed by atoms with Gasteiger partial charge in [0.15, 0.2) is 0 Å². The Labute approximate surface area is 112 Å². The highest BCUT2D eigenvalue weighted by Gasteiger charge is 2.13. The normalized spacial score (nSPS) is 11.9. The van der Waals surface area contributed by atoms with Crippen molar-refractivity contribution in [3.63, 3.8) is 0 Å². The second-order valence-corrected chi connectivity index (χ2v) is 4.39. The third-order valence-electron chi connectivity index (χ3n) is 1.48. The Kier molecular flexibility index (Phi) is 4.81. The predicted molar refractivity (Wildman–Crippen MR) is 68.5 cm³/mol. The van der Waals surface area contributed by atoms with Crippen LogP contribution in [0.15, 0.2) is 11.1 Å². The van der Waals surface area contributed by atoms with Crippen molar-refractivity contribution < 1.29 is 0 Å². The van der Waals surface area contributed by atoms with E-state index in [2.05, 4.69) is 4.99 Å². The van der Waals surface area contributed by atoms with Gasteiger partial charge >= 0.3 is 0 Å². The van der Waals surface area contributed by atoms with Crippen LogP contribution in [0.5, 0.6) is 0 Å². The van der Waals surface area contributed by atoms with Gasteiger partial charge in [0.25, 0.3) is 0 Å². The van der Waals surface area contributed by atoms with Crippen LogP contribution < -0.4 is 5.73 Å². The molecular formula is C8H5Cl5N2. The van der Waals surface area contributed by atoms with Crippen LogP contribution in [0.1, 0.15) is 0 Å². The van der Waals surface area contributed by atoms with Crippen LogP contribution in [0.4, 0.5) is 5.69 Å². The molecule has 0 unspecified atom stereocenters. The summed E-state index contributed by atoms with van der Waals surface area (Å²) in [5, 5.41) is 0.864. The van der Waals surface area contributed by atoms with E-state index in [9.17, 15) is 0 Å². The van der Waals surface area contributed by atoms with E-state index in [-0.39, 0.29) is 37.5 Å². The number of nitrogens with two attached hydrogens (primary N) is 1. The maximum Gasteiger partial charge on any atom is 0.115 e. The van der Waals surface area contributed by atoms with Crippen molar-refractivity contribution in [2.45, 2.75) is 0 Å². The van der Waals surface area contributed by atoms with E-state index in [0.717, 1.165) is 0 Å². The van der Waals surface area contributed by atoms with Gasteiger partial charge in [0.2, 0.25) is 0 Å². The Bertz CT molecular complexity index is 416. The van der Waals surface area contributed by atoms with Crippen LogP contribution in [0.2, 0.25) is 20.1 Å². The van der Waals surface area contributed by atoms with Gasteiger partial charge < -0.3 is 5.73 Å². The summed E-state index contributed by atoms with van der Waals surface area (Å²) >= 11 is 28.8. The Morgan fingerprint density at radius 3 is 2.27 bits per heavy atom. The van der Waals surface area contributed by atoms with Crippen LogP contribution in [-0.4, -0.2) is 11.7 Å². The number of aliphatic imine (C=N–C) groups is 1. The van der Waals surface area contributed by atoms with E-state index in [4.69, 9.17) is 63.7 Å². The molecule has 0 atom stereocenters. The van der Waals surface area contributed by atoms with Crippen molar-refractivity contribution in [3.8, 4) is 0 Å². The molecule has 0 fully saturated rings. The third kappa shape index (κ3) is 3.05. The molecule has 0 bridgehead atoms. The minimum Gasteiger partial charge on any atom is -0.386 e. The lowest BCUT2D eigenvalue weighted by atomic mass is 10.3. The zero-order valence-electron chi connectivity index (χ0n) is 7.20. The molecule has 0 spiro atoms. The van der Waals surface area contributed by atoms with Crippen molar-refractivity contribution in [2.24, 2.45) is 10.7 Å². The summed E-state index contributed by atoms with van der Waals surface area (Å²) in [5.74, 6) is 0.270. The highest BCUT2D eigenvalue weighted by molar-refractivity contribution is 6.51. The van der Waals surface area contributed by atoms with Gasteiger partial charge in [-0.05, 0) is 6.07 Å². The van der Waals surface area contributed by atoms with Crippen molar-refractivity contribution in [2.75, 3.05) is 5.88 Å². The first kappa shape index (κ1) is 13.2. The van der Waals surface area contributed by atoms with Crippen molar-refractivity contribution in [1.82, 2.24) is 0 Å². The molecule has 0 aliphatic carbocycles. The second kappa shape index (κ2) is 5.46. The molecule has 2 N–H and O–H groups in total. The molecule has 15 heavy (non-hydrogen) atoms. The number of nitrogens with zero attached hydrogens (tertiary/aromatic N) is 1. The van der Waals surface area contributed by atoms with Gasteiger partial charge in [0, 0.05) is 0 Å². The van der Waals surface area contributed by atoms with E-state index in [1.54, 1.807) is 0 Å². The first-order chi connectivity index (χ1) is 6.97. The summed E-state index contributed by atoms with van der Waals surface area (Å²) in [4.78, 5) is 3.93. The maximum atomic E-state index is 5.90. The number of alkyl halides is 1. The number of halogens is 5. The molecule has 2 nitrogen and oxygen atoms in total. The van der Waals surface area contributed by atoms with Crippen LogP contribution in [0.3, 0.4) is 0 Å². The highest BCUT2D eigenvalue weighted by Crippen LogP contribution is 2.42. The van der Waals surface area contributed by atoms with Crippen LogP contribution in [0, 0.1) is 0 Å². The molecular weight excluding hydrogens is 301 g/mol. The molecule has 0 aliphatic rings. The van der Waals surface area contributed by atoms with Crippen molar-refractivity contribution >= 4 is 69.5 Å². The molecule has 1 aromatic carbocycles. The van der Waals surface area contributed by atoms with Gasteiger partial charge in [-0.1, -0.05) is 46.4 Å². The van der Waals surface area contributed by atoms with Gasteiger partial charge in [-0.15, -0.1) is 11.6 Å². The molecule has 0 aliphatic heterocycles. The number of hydrogen-bond acceptors (Lipinski definition) is 1. The van der Waals surface area contributed by atoms with Gasteiger partial charge in [-0.2, -0.15) is 0 Å². The molecule has 82 valence electrons. The van der Waals surface area contributed by atoms with E-state index in [0.29, 0.717) is 0 Å². The molecule has 1 aromatic rings. The molecule has 0 radical (unpaired) electrons. The predicted octanol–water partition coefficient (Wildman–Crippen LogP) is 4.53. The highest BCUT2D eigenvalue weighted by atomic mass is 35.5. The summed E-state index contributed by atoms with van der Waals surface area (Å²) in [5.41, 5.74) is 5.72. The number of rotatable bonds is 2. The van der Waals surface area contributed by atoms with Crippen LogP contribution in [-0.2, 0) is 0 Å². The van der Waals surface area contributed by atoms with E-state index in [1.807, 2.05) is 0 Å². The molecule has 0 saturated carbocycles. The Balaban J connectivity index is 3.36. The topological polar surface area (TPSA) is 38.4 Å². The molecule has 0 amide bonds. The molecule has 0 saturated heterocycles. The van der Waals surface area contributed by atoms with Gasteiger partial charge in [-0.25, -0.2) is 4.99 Å². The quantitative estimate of drug-likeness (QED) is 0.282. The number of benzene rings is 1. The van der Waals surface area contributed by atoms with E-state index < -0.39 is 0 Å². The van der Waals surface area contributed by atoms with Crippen LogP contribution in [0.25, 0.3) is 0 Å². The SMILES string of the molecule is NC(CCl)=Nc1c(Cl)cc(Cl)c(Cl)c1Cl. The minimum absolute atomic E-state index is 0.0763. The first-order valence-electron chi connectivity index (χ1n) is 3.69. The van der Waals surface area contributed by atoms with E-state index >= 15 is 0 Å². The van der Waals surface area contributed by atoms with Crippen LogP contribution >= 0.6 is 58.0 Å². The lowest BCUT2D eigenvalue weighted by molar-refractivity contribution is 1.45. The van der Waals surface area contributed by atoms with Gasteiger partial charge in [-0.3, -0.25) is 0 Å². The maximum absolute atomic E-state index is 5.90. The zero-order valence-corrected chi connectivity index (χ0v) is 11.0. The smallest absolute Gasteiger partial charge is 0.115 e. The fraction of sp³-hybridized carbons (Fsp3) is 0.125. The fourth-order valence-electron chi connectivity index (χ4n) is 0.833. The zero-order chi connectivity index (χ0) is 11.6. The Morgan fingerprint density at radius 1 is 1.13 bits per heavy atom. The van der Waals surface area contributed by atoms with Crippen molar-refractivity contribution in [3.05, 3.63) is 26.2 Å².